The number of ether oxygens (including phenoxy) is 1. The Morgan fingerprint density at radius 1 is 1.29 bits per heavy atom. The van der Waals surface area contributed by atoms with E-state index in [4.69, 9.17) is 14.6 Å². The minimum atomic E-state index is -5.08. The number of nitrogens with zero attached hydrogens (tertiary/aromatic N) is 3. The number of aryl methyl sites for hydroxylation is 1. The number of thiazole rings is 1. The highest BCUT2D eigenvalue weighted by Crippen LogP contribution is 2.41. The summed E-state index contributed by atoms with van der Waals surface area (Å²) in [6.45, 7) is 6.76. The standard InChI is InChI=1S/C18H27N3O2S.C2HF3O2/c1-14-19-15(13-24-14)12-21-17(22)2-5-18(21)6-8-20(9-7-18)16-3-10-23-11-4-16;3-2(4,5)1(6)7/h13,16H,2-12H2,1H3;(H,6,7). The fourth-order valence-electron chi connectivity index (χ4n) is 4.65. The summed E-state index contributed by atoms with van der Waals surface area (Å²) in [5.41, 5.74) is 1.13. The summed E-state index contributed by atoms with van der Waals surface area (Å²) in [5.74, 6) is -2.44. The first-order valence-electron chi connectivity index (χ1n) is 10.4. The van der Waals surface area contributed by atoms with Crippen LogP contribution in [0.2, 0.25) is 0 Å². The number of carboxylic acids is 1. The Bertz CT molecular complexity index is 772. The van der Waals surface area contributed by atoms with Crippen LogP contribution >= 0.6 is 11.3 Å². The van der Waals surface area contributed by atoms with Gasteiger partial charge in [0.05, 0.1) is 17.2 Å². The quantitative estimate of drug-likeness (QED) is 0.741. The van der Waals surface area contributed by atoms with Crippen LogP contribution < -0.4 is 0 Å². The Morgan fingerprint density at radius 3 is 2.42 bits per heavy atom. The summed E-state index contributed by atoms with van der Waals surface area (Å²) in [6, 6.07) is 0.683. The van der Waals surface area contributed by atoms with Gasteiger partial charge in [0.1, 0.15) is 0 Å². The third-order valence-corrected chi connectivity index (χ3v) is 7.17. The van der Waals surface area contributed by atoms with E-state index in [1.807, 2.05) is 6.92 Å². The van der Waals surface area contributed by atoms with Crippen molar-refractivity contribution in [3.63, 3.8) is 0 Å². The molecule has 1 amide bonds. The number of aromatic nitrogens is 1. The van der Waals surface area contributed by atoms with Crippen LogP contribution in [-0.2, 0) is 20.9 Å². The molecule has 7 nitrogen and oxygen atoms in total. The summed E-state index contributed by atoms with van der Waals surface area (Å²) < 4.78 is 37.2. The van der Waals surface area contributed by atoms with Crippen LogP contribution in [0.25, 0.3) is 0 Å². The fourth-order valence-corrected chi connectivity index (χ4v) is 5.25. The van der Waals surface area contributed by atoms with E-state index in [2.05, 4.69) is 20.2 Å². The first kappa shape index (κ1) is 23.9. The second kappa shape index (κ2) is 9.83. The van der Waals surface area contributed by atoms with Gasteiger partial charge in [-0.1, -0.05) is 0 Å². The van der Waals surface area contributed by atoms with Gasteiger partial charge >= 0.3 is 12.1 Å². The van der Waals surface area contributed by atoms with Crippen molar-refractivity contribution in [2.24, 2.45) is 0 Å². The molecule has 0 aliphatic carbocycles. The number of halogens is 3. The van der Waals surface area contributed by atoms with E-state index in [1.165, 1.54) is 0 Å². The Morgan fingerprint density at radius 2 is 1.90 bits per heavy atom. The maximum absolute atomic E-state index is 12.5. The lowest BCUT2D eigenvalue weighted by Gasteiger charge is -2.47. The van der Waals surface area contributed by atoms with Gasteiger partial charge < -0.3 is 19.6 Å². The van der Waals surface area contributed by atoms with Crippen LogP contribution in [0.5, 0.6) is 0 Å². The van der Waals surface area contributed by atoms with Crippen molar-refractivity contribution >= 4 is 23.2 Å². The number of hydrogen-bond acceptors (Lipinski definition) is 6. The number of piperidine rings is 1. The maximum atomic E-state index is 12.5. The molecular weight excluding hydrogens is 435 g/mol. The van der Waals surface area contributed by atoms with Gasteiger partial charge in [0, 0.05) is 49.7 Å². The molecular formula is C20H28F3N3O4S. The molecule has 0 atom stereocenters. The molecule has 4 rings (SSSR count). The third-order valence-electron chi connectivity index (χ3n) is 6.34. The van der Waals surface area contributed by atoms with Crippen molar-refractivity contribution in [3.8, 4) is 0 Å². The zero-order valence-electron chi connectivity index (χ0n) is 17.5. The minimum absolute atomic E-state index is 0.0796. The number of carbonyl (C=O) groups is 2. The van der Waals surface area contributed by atoms with E-state index < -0.39 is 12.1 Å². The largest absolute Gasteiger partial charge is 0.490 e. The molecule has 1 spiro atoms. The summed E-state index contributed by atoms with van der Waals surface area (Å²) >= 11 is 1.67. The average molecular weight is 464 g/mol. The molecule has 0 aromatic carbocycles. The molecule has 11 heteroatoms. The van der Waals surface area contributed by atoms with E-state index in [0.29, 0.717) is 24.9 Å². The highest BCUT2D eigenvalue weighted by molar-refractivity contribution is 7.09. The first-order valence-corrected chi connectivity index (χ1v) is 11.3. The Labute approximate surface area is 183 Å². The molecule has 0 radical (unpaired) electrons. The van der Waals surface area contributed by atoms with Gasteiger partial charge in [-0.2, -0.15) is 13.2 Å². The number of alkyl halides is 3. The van der Waals surface area contributed by atoms with Gasteiger partial charge in [0.2, 0.25) is 5.91 Å². The van der Waals surface area contributed by atoms with Crippen LogP contribution in [0.3, 0.4) is 0 Å². The molecule has 31 heavy (non-hydrogen) atoms. The molecule has 3 aliphatic rings. The van der Waals surface area contributed by atoms with Crippen molar-refractivity contribution in [1.29, 1.82) is 0 Å². The van der Waals surface area contributed by atoms with Gasteiger partial charge in [-0.3, -0.25) is 4.79 Å². The molecule has 3 fully saturated rings. The number of amides is 1. The van der Waals surface area contributed by atoms with Gasteiger partial charge in [0.15, 0.2) is 0 Å². The highest BCUT2D eigenvalue weighted by atomic mass is 32.1. The van der Waals surface area contributed by atoms with Crippen molar-refractivity contribution in [2.45, 2.75) is 69.8 Å². The summed E-state index contributed by atoms with van der Waals surface area (Å²) in [5, 5.41) is 10.3. The van der Waals surface area contributed by atoms with Gasteiger partial charge in [-0.25, -0.2) is 9.78 Å². The van der Waals surface area contributed by atoms with E-state index in [9.17, 15) is 18.0 Å². The van der Waals surface area contributed by atoms with Crippen molar-refractivity contribution in [3.05, 3.63) is 16.1 Å². The Kier molecular flexibility index (Phi) is 7.59. The molecule has 1 aromatic rings. The molecule has 1 aromatic heterocycles. The second-order valence-electron chi connectivity index (χ2n) is 8.24. The van der Waals surface area contributed by atoms with Crippen molar-refractivity contribution in [1.82, 2.24) is 14.8 Å². The SMILES string of the molecule is Cc1nc(CN2C(=O)CCC23CCN(C2CCOCC2)CC3)cs1.O=C(O)C(F)(F)F. The lowest BCUT2D eigenvalue weighted by molar-refractivity contribution is -0.192. The normalized spacial score (nSPS) is 22.5. The number of aliphatic carboxylic acids is 1. The predicted octanol–water partition coefficient (Wildman–Crippen LogP) is 3.22. The van der Waals surface area contributed by atoms with E-state index >= 15 is 0 Å². The number of hydrogen-bond donors (Lipinski definition) is 1. The smallest absolute Gasteiger partial charge is 0.475 e. The fraction of sp³-hybridized carbons (Fsp3) is 0.750. The van der Waals surface area contributed by atoms with Crippen LogP contribution in [0.1, 0.15) is 49.2 Å². The molecule has 1 N–H and O–H groups in total. The highest BCUT2D eigenvalue weighted by Gasteiger charge is 2.47. The summed E-state index contributed by atoms with van der Waals surface area (Å²) in [6.07, 6.45) is 1.19. The zero-order chi connectivity index (χ0) is 22.6. The van der Waals surface area contributed by atoms with Crippen molar-refractivity contribution in [2.75, 3.05) is 26.3 Å². The van der Waals surface area contributed by atoms with E-state index in [-0.39, 0.29) is 5.54 Å². The first-order chi connectivity index (χ1) is 14.6. The van der Waals surface area contributed by atoms with Crippen LogP contribution in [0.15, 0.2) is 5.38 Å². The average Bonchev–Trinajstić information content (AvgIpc) is 3.28. The molecule has 174 valence electrons. The third kappa shape index (κ3) is 5.95. The number of carboxylic acid groups (broad SMARTS) is 1. The van der Waals surface area contributed by atoms with Gasteiger partial charge in [-0.05, 0) is 39.0 Å². The molecule has 3 aliphatic heterocycles. The van der Waals surface area contributed by atoms with Gasteiger partial charge in [0.25, 0.3) is 0 Å². The molecule has 0 saturated carbocycles. The zero-order valence-corrected chi connectivity index (χ0v) is 18.3. The molecule has 4 heterocycles. The number of likely N-dealkylation sites (tertiary alicyclic amines) is 2. The molecule has 0 bridgehead atoms. The molecule has 3 saturated heterocycles. The summed E-state index contributed by atoms with van der Waals surface area (Å²) in [4.78, 5) is 30.8. The predicted molar refractivity (Wildman–Crippen MR) is 108 cm³/mol. The number of carbonyl (C=O) groups excluding carboxylic acids is 1. The maximum Gasteiger partial charge on any atom is 0.490 e. The van der Waals surface area contributed by atoms with Crippen molar-refractivity contribution < 1.29 is 32.6 Å². The van der Waals surface area contributed by atoms with E-state index in [1.54, 1.807) is 11.3 Å². The van der Waals surface area contributed by atoms with Crippen LogP contribution in [0.4, 0.5) is 13.2 Å². The monoisotopic (exact) mass is 463 g/mol. The minimum Gasteiger partial charge on any atom is -0.475 e. The lowest BCUT2D eigenvalue weighted by atomic mass is 9.84. The topological polar surface area (TPSA) is 83.0 Å². The number of rotatable bonds is 3. The van der Waals surface area contributed by atoms with Gasteiger partial charge in [-0.15, -0.1) is 11.3 Å². The summed E-state index contributed by atoms with van der Waals surface area (Å²) in [7, 11) is 0. The van der Waals surface area contributed by atoms with Crippen LogP contribution in [-0.4, -0.2) is 75.8 Å². The Balaban J connectivity index is 0.000000339. The second-order valence-corrected chi connectivity index (χ2v) is 9.31. The molecule has 0 unspecified atom stereocenters. The van der Waals surface area contributed by atoms with E-state index in [0.717, 1.165) is 69.1 Å². The Hall–Kier alpha value is -1.72. The van der Waals surface area contributed by atoms with Crippen LogP contribution in [0, 0.1) is 6.92 Å². The lowest BCUT2D eigenvalue weighted by Crippen LogP contribution is -2.55.